The molecule has 2 heteroatoms. The molecule has 0 amide bonds. The maximum atomic E-state index is 3.54. The van der Waals surface area contributed by atoms with Crippen LogP contribution in [0.2, 0.25) is 0 Å². The average molecular weight is 246 g/mol. The van der Waals surface area contributed by atoms with Crippen molar-refractivity contribution < 1.29 is 0 Å². The van der Waals surface area contributed by atoms with E-state index in [2.05, 4.69) is 61.4 Å². The molecule has 1 aromatic rings. The van der Waals surface area contributed by atoms with Gasteiger partial charge in [-0.25, -0.2) is 0 Å². The molecule has 1 aromatic carbocycles. The summed E-state index contributed by atoms with van der Waals surface area (Å²) in [5.74, 6) is 0.741. The highest BCUT2D eigenvalue weighted by Gasteiger charge is 2.37. The van der Waals surface area contributed by atoms with Gasteiger partial charge < -0.3 is 10.2 Å². The lowest BCUT2D eigenvalue weighted by molar-refractivity contribution is 0.132. The molecule has 1 heterocycles. The molecule has 2 nitrogen and oxygen atoms in total. The zero-order valence-electron chi connectivity index (χ0n) is 11.9. The van der Waals surface area contributed by atoms with Crippen molar-refractivity contribution >= 4 is 0 Å². The van der Waals surface area contributed by atoms with Gasteiger partial charge in [0.25, 0.3) is 0 Å². The molecule has 1 unspecified atom stereocenters. The van der Waals surface area contributed by atoms with Crippen LogP contribution < -0.4 is 5.32 Å². The van der Waals surface area contributed by atoms with Gasteiger partial charge >= 0.3 is 0 Å². The topological polar surface area (TPSA) is 15.3 Å². The van der Waals surface area contributed by atoms with E-state index < -0.39 is 0 Å². The number of nitrogens with zero attached hydrogens (tertiary/aromatic N) is 1. The summed E-state index contributed by atoms with van der Waals surface area (Å²) in [6.45, 7) is 9.32. The van der Waals surface area contributed by atoms with Gasteiger partial charge in [0.15, 0.2) is 0 Å². The lowest BCUT2D eigenvalue weighted by Crippen LogP contribution is -2.41. The lowest BCUT2D eigenvalue weighted by Gasteiger charge is -2.36. The molecule has 0 saturated carbocycles. The zero-order chi connectivity index (χ0) is 13.0. The summed E-state index contributed by atoms with van der Waals surface area (Å²) in [5.41, 5.74) is 1.87. The predicted octanol–water partition coefficient (Wildman–Crippen LogP) is 2.75. The third-order valence-electron chi connectivity index (χ3n) is 4.38. The molecule has 0 aliphatic carbocycles. The van der Waals surface area contributed by atoms with Crippen molar-refractivity contribution in [2.45, 2.75) is 26.8 Å². The summed E-state index contributed by atoms with van der Waals surface area (Å²) in [7, 11) is 2.25. The molecule has 2 rings (SSSR count). The highest BCUT2D eigenvalue weighted by molar-refractivity contribution is 5.14. The maximum absolute atomic E-state index is 3.54. The van der Waals surface area contributed by atoms with Gasteiger partial charge in [-0.15, -0.1) is 0 Å². The monoisotopic (exact) mass is 246 g/mol. The number of hydrogen-bond donors (Lipinski definition) is 1. The highest BCUT2D eigenvalue weighted by Crippen LogP contribution is 2.34. The van der Waals surface area contributed by atoms with Crippen molar-refractivity contribution in [2.24, 2.45) is 11.3 Å². The molecule has 0 spiro atoms. The van der Waals surface area contributed by atoms with Crippen LogP contribution in [0.15, 0.2) is 30.3 Å². The minimum Gasteiger partial charge on any atom is -0.316 e. The Hall–Kier alpha value is -0.860. The number of nitrogens with one attached hydrogen (secondary N) is 1. The molecule has 0 aromatic heterocycles. The van der Waals surface area contributed by atoms with E-state index >= 15 is 0 Å². The van der Waals surface area contributed by atoms with Crippen molar-refractivity contribution in [3.05, 3.63) is 35.9 Å². The second-order valence-corrected chi connectivity index (χ2v) is 6.10. The van der Waals surface area contributed by atoms with Crippen LogP contribution in [-0.2, 0) is 6.54 Å². The van der Waals surface area contributed by atoms with Crippen LogP contribution in [0, 0.1) is 11.3 Å². The highest BCUT2D eigenvalue weighted by atomic mass is 15.1. The minimum atomic E-state index is 0.462. The standard InChI is InChI=1S/C16H26N2/c1-14(2)16(9-10-17-12-16)13-18(3)11-15-7-5-4-6-8-15/h4-8,14,17H,9-13H2,1-3H3. The summed E-state index contributed by atoms with van der Waals surface area (Å²) < 4.78 is 0. The van der Waals surface area contributed by atoms with Crippen molar-refractivity contribution in [1.29, 1.82) is 0 Å². The van der Waals surface area contributed by atoms with Crippen LogP contribution in [0.4, 0.5) is 0 Å². The summed E-state index contributed by atoms with van der Waals surface area (Å²) in [5, 5.41) is 3.54. The lowest BCUT2D eigenvalue weighted by atomic mass is 9.76. The molecular formula is C16H26N2. The molecule has 0 bridgehead atoms. The fourth-order valence-electron chi connectivity index (χ4n) is 3.06. The fraction of sp³-hybridized carbons (Fsp3) is 0.625. The Bertz CT molecular complexity index is 353. The summed E-state index contributed by atoms with van der Waals surface area (Å²) >= 11 is 0. The molecule has 1 aliphatic heterocycles. The molecule has 1 aliphatic rings. The molecule has 1 fully saturated rings. The molecule has 1 saturated heterocycles. The van der Waals surface area contributed by atoms with Gasteiger partial charge in [-0.2, -0.15) is 0 Å². The zero-order valence-corrected chi connectivity index (χ0v) is 11.9. The maximum Gasteiger partial charge on any atom is 0.0230 e. The average Bonchev–Trinajstić information content (AvgIpc) is 2.80. The minimum absolute atomic E-state index is 0.462. The quantitative estimate of drug-likeness (QED) is 0.859. The van der Waals surface area contributed by atoms with E-state index in [1.165, 1.54) is 31.6 Å². The van der Waals surface area contributed by atoms with Gasteiger partial charge in [-0.1, -0.05) is 44.2 Å². The van der Waals surface area contributed by atoms with Crippen LogP contribution in [0.25, 0.3) is 0 Å². The Labute approximate surface area is 111 Å². The molecule has 1 N–H and O–H groups in total. The smallest absolute Gasteiger partial charge is 0.0230 e. The van der Waals surface area contributed by atoms with Crippen LogP contribution in [0.5, 0.6) is 0 Å². The second kappa shape index (κ2) is 5.85. The first-order valence-corrected chi connectivity index (χ1v) is 7.06. The molecule has 18 heavy (non-hydrogen) atoms. The van der Waals surface area contributed by atoms with E-state index in [1.807, 2.05) is 0 Å². The number of rotatable bonds is 5. The predicted molar refractivity (Wildman–Crippen MR) is 77.5 cm³/mol. The van der Waals surface area contributed by atoms with Gasteiger partial charge in [0, 0.05) is 19.6 Å². The first kappa shape index (κ1) is 13.6. The second-order valence-electron chi connectivity index (χ2n) is 6.10. The van der Waals surface area contributed by atoms with E-state index in [4.69, 9.17) is 0 Å². The van der Waals surface area contributed by atoms with Gasteiger partial charge in [-0.05, 0) is 36.9 Å². The third kappa shape index (κ3) is 3.12. The van der Waals surface area contributed by atoms with Crippen LogP contribution in [-0.4, -0.2) is 31.6 Å². The van der Waals surface area contributed by atoms with Crippen molar-refractivity contribution in [2.75, 3.05) is 26.7 Å². The Morgan fingerprint density at radius 3 is 2.56 bits per heavy atom. The van der Waals surface area contributed by atoms with Crippen LogP contribution in [0.1, 0.15) is 25.8 Å². The van der Waals surface area contributed by atoms with Gasteiger partial charge in [-0.3, -0.25) is 0 Å². The molecule has 100 valence electrons. The van der Waals surface area contributed by atoms with Crippen molar-refractivity contribution in [3.8, 4) is 0 Å². The summed E-state index contributed by atoms with van der Waals surface area (Å²) in [6.07, 6.45) is 1.31. The number of benzene rings is 1. The summed E-state index contributed by atoms with van der Waals surface area (Å²) in [6, 6.07) is 10.8. The molecule has 1 atom stereocenters. The largest absolute Gasteiger partial charge is 0.316 e. The van der Waals surface area contributed by atoms with E-state index in [0.717, 1.165) is 12.5 Å². The third-order valence-corrected chi connectivity index (χ3v) is 4.38. The van der Waals surface area contributed by atoms with Crippen molar-refractivity contribution in [3.63, 3.8) is 0 Å². The first-order chi connectivity index (χ1) is 8.62. The van der Waals surface area contributed by atoms with Gasteiger partial charge in [0.2, 0.25) is 0 Å². The van der Waals surface area contributed by atoms with Gasteiger partial charge in [0.1, 0.15) is 0 Å². The van der Waals surface area contributed by atoms with E-state index in [1.54, 1.807) is 0 Å². The van der Waals surface area contributed by atoms with Crippen LogP contribution in [0.3, 0.4) is 0 Å². The van der Waals surface area contributed by atoms with Gasteiger partial charge in [0.05, 0.1) is 0 Å². The SMILES string of the molecule is CC(C)C1(CN(C)Cc2ccccc2)CCNC1. The van der Waals surface area contributed by atoms with E-state index in [0.29, 0.717) is 5.41 Å². The molecule has 0 radical (unpaired) electrons. The van der Waals surface area contributed by atoms with E-state index in [9.17, 15) is 0 Å². The van der Waals surface area contributed by atoms with Crippen molar-refractivity contribution in [1.82, 2.24) is 10.2 Å². The summed E-state index contributed by atoms with van der Waals surface area (Å²) in [4.78, 5) is 2.47. The fourth-order valence-corrected chi connectivity index (χ4v) is 3.06. The number of hydrogen-bond acceptors (Lipinski definition) is 2. The van der Waals surface area contributed by atoms with Crippen LogP contribution >= 0.6 is 0 Å². The molecular weight excluding hydrogens is 220 g/mol. The Morgan fingerprint density at radius 1 is 1.28 bits per heavy atom. The first-order valence-electron chi connectivity index (χ1n) is 7.06. The Balaban J connectivity index is 1.95. The normalized spacial score (nSPS) is 24.1. The Morgan fingerprint density at radius 2 is 2.00 bits per heavy atom. The Kier molecular flexibility index (Phi) is 4.41. The van der Waals surface area contributed by atoms with E-state index in [-0.39, 0.29) is 0 Å².